The topological polar surface area (TPSA) is 93.4 Å². The minimum absolute atomic E-state index is 0.0464. The van der Waals surface area contributed by atoms with E-state index in [2.05, 4.69) is 4.98 Å². The van der Waals surface area contributed by atoms with Crippen LogP contribution < -0.4 is 5.14 Å². The van der Waals surface area contributed by atoms with Crippen molar-refractivity contribution >= 4 is 15.9 Å². The first-order valence-corrected chi connectivity index (χ1v) is 8.57. The Morgan fingerprint density at radius 2 is 1.78 bits per heavy atom. The molecule has 6 nitrogen and oxygen atoms in total. The second-order valence-corrected chi connectivity index (χ2v) is 6.96. The number of sulfonamides is 1. The molecule has 1 amide bonds. The fraction of sp³-hybridized carbons (Fsp3) is 0.250. The molecule has 1 aromatic heterocycles. The summed E-state index contributed by atoms with van der Waals surface area (Å²) in [7, 11) is -2.02. The van der Waals surface area contributed by atoms with Crippen molar-refractivity contribution in [2.24, 2.45) is 5.14 Å². The summed E-state index contributed by atoms with van der Waals surface area (Å²) in [4.78, 5) is 18.2. The largest absolute Gasteiger partial charge is 0.335 e. The molecule has 0 saturated carbocycles. The van der Waals surface area contributed by atoms with Crippen LogP contribution in [0.3, 0.4) is 0 Å². The summed E-state index contributed by atoms with van der Waals surface area (Å²) in [6, 6.07) is 9.48. The van der Waals surface area contributed by atoms with E-state index in [9.17, 15) is 13.2 Å². The van der Waals surface area contributed by atoms with E-state index in [0.29, 0.717) is 5.56 Å². The van der Waals surface area contributed by atoms with Gasteiger partial charge in [-0.1, -0.05) is 12.1 Å². The second kappa shape index (κ2) is 6.47. The summed E-state index contributed by atoms with van der Waals surface area (Å²) in [6.45, 7) is 3.72. The van der Waals surface area contributed by atoms with Gasteiger partial charge in [0.1, 0.15) is 0 Å². The van der Waals surface area contributed by atoms with E-state index < -0.39 is 10.0 Å². The first-order chi connectivity index (χ1) is 10.7. The fourth-order valence-corrected chi connectivity index (χ4v) is 2.65. The molecular weight excluding hydrogens is 314 g/mol. The van der Waals surface area contributed by atoms with Gasteiger partial charge in [0.05, 0.1) is 16.5 Å². The number of amides is 1. The maximum atomic E-state index is 12.5. The van der Waals surface area contributed by atoms with Gasteiger partial charge < -0.3 is 4.90 Å². The van der Waals surface area contributed by atoms with Crippen molar-refractivity contribution in [3.8, 4) is 0 Å². The number of pyridine rings is 1. The van der Waals surface area contributed by atoms with Crippen molar-refractivity contribution < 1.29 is 13.2 Å². The molecule has 0 aliphatic rings. The lowest BCUT2D eigenvalue weighted by Crippen LogP contribution is -2.29. The third-order valence-electron chi connectivity index (χ3n) is 3.75. The van der Waals surface area contributed by atoms with Crippen LogP contribution in [0.4, 0.5) is 0 Å². The maximum absolute atomic E-state index is 12.5. The van der Waals surface area contributed by atoms with E-state index in [0.717, 1.165) is 11.3 Å². The second-order valence-electron chi connectivity index (χ2n) is 5.39. The molecule has 2 rings (SSSR count). The number of aryl methyl sites for hydroxylation is 1. The standard InChI is InChI=1S/C16H19N3O3S/c1-11-4-5-14(10-18-11)16(20)19(3)12(2)13-6-8-15(9-7-13)23(17,21)22/h4-10,12H,1-3H3,(H2,17,21,22). The Morgan fingerprint density at radius 1 is 1.17 bits per heavy atom. The van der Waals surface area contributed by atoms with Crippen LogP contribution in [0.2, 0.25) is 0 Å². The number of hydrogen-bond acceptors (Lipinski definition) is 4. The maximum Gasteiger partial charge on any atom is 0.255 e. The fourth-order valence-electron chi connectivity index (χ4n) is 2.13. The molecule has 0 aliphatic carbocycles. The Morgan fingerprint density at radius 3 is 2.26 bits per heavy atom. The molecular formula is C16H19N3O3S. The lowest BCUT2D eigenvalue weighted by Gasteiger charge is -2.25. The normalized spacial score (nSPS) is 12.7. The third-order valence-corrected chi connectivity index (χ3v) is 4.68. The Labute approximate surface area is 136 Å². The first-order valence-electron chi connectivity index (χ1n) is 7.02. The Balaban J connectivity index is 2.20. The number of primary sulfonamides is 1. The molecule has 0 bridgehead atoms. The number of hydrogen-bond donors (Lipinski definition) is 1. The summed E-state index contributed by atoms with van der Waals surface area (Å²) < 4.78 is 22.5. The van der Waals surface area contributed by atoms with Crippen molar-refractivity contribution in [3.05, 3.63) is 59.4 Å². The molecule has 0 spiro atoms. The summed E-state index contributed by atoms with van der Waals surface area (Å²) in [5, 5.41) is 5.08. The average Bonchev–Trinajstić information content (AvgIpc) is 2.53. The predicted molar refractivity (Wildman–Crippen MR) is 87.3 cm³/mol. The Bertz CT molecular complexity index is 799. The number of nitrogens with two attached hydrogens (primary N) is 1. The SMILES string of the molecule is Cc1ccc(C(=O)N(C)C(C)c2ccc(S(N)(=O)=O)cc2)cn1. The van der Waals surface area contributed by atoms with Gasteiger partial charge in [-0.15, -0.1) is 0 Å². The highest BCUT2D eigenvalue weighted by atomic mass is 32.2. The van der Waals surface area contributed by atoms with Gasteiger partial charge in [-0.25, -0.2) is 13.6 Å². The lowest BCUT2D eigenvalue weighted by atomic mass is 10.1. The van der Waals surface area contributed by atoms with Crippen LogP contribution in [0.25, 0.3) is 0 Å². The van der Waals surface area contributed by atoms with Crippen LogP contribution in [-0.4, -0.2) is 31.3 Å². The molecule has 0 radical (unpaired) electrons. The van der Waals surface area contributed by atoms with Gasteiger partial charge in [-0.05, 0) is 43.7 Å². The zero-order chi connectivity index (χ0) is 17.2. The number of nitrogens with zero attached hydrogens (tertiary/aromatic N) is 2. The quantitative estimate of drug-likeness (QED) is 0.924. The molecule has 1 aromatic carbocycles. The minimum atomic E-state index is -3.72. The molecule has 2 aromatic rings. The minimum Gasteiger partial charge on any atom is -0.335 e. The van der Waals surface area contributed by atoms with E-state index >= 15 is 0 Å². The summed E-state index contributed by atoms with van der Waals surface area (Å²) >= 11 is 0. The van der Waals surface area contributed by atoms with Crippen molar-refractivity contribution in [2.45, 2.75) is 24.8 Å². The molecule has 1 unspecified atom stereocenters. The van der Waals surface area contributed by atoms with Crippen LogP contribution in [-0.2, 0) is 10.0 Å². The summed E-state index contributed by atoms with van der Waals surface area (Å²) in [6.07, 6.45) is 1.55. The molecule has 122 valence electrons. The van der Waals surface area contributed by atoms with Gasteiger partial charge in [0.2, 0.25) is 10.0 Å². The molecule has 0 saturated heterocycles. The van der Waals surface area contributed by atoms with E-state index in [1.165, 1.54) is 12.1 Å². The van der Waals surface area contributed by atoms with Crippen molar-refractivity contribution in [1.29, 1.82) is 0 Å². The Kier molecular flexibility index (Phi) is 4.82. The molecule has 0 fully saturated rings. The number of rotatable bonds is 4. The van der Waals surface area contributed by atoms with Crippen LogP contribution >= 0.6 is 0 Å². The van der Waals surface area contributed by atoms with Crippen molar-refractivity contribution in [3.63, 3.8) is 0 Å². The monoisotopic (exact) mass is 333 g/mol. The van der Waals surface area contributed by atoms with E-state index in [-0.39, 0.29) is 16.8 Å². The summed E-state index contributed by atoms with van der Waals surface area (Å²) in [5.41, 5.74) is 2.16. The van der Waals surface area contributed by atoms with Crippen LogP contribution in [0.15, 0.2) is 47.5 Å². The highest BCUT2D eigenvalue weighted by molar-refractivity contribution is 7.89. The van der Waals surface area contributed by atoms with Gasteiger partial charge in [0.25, 0.3) is 5.91 Å². The Hall–Kier alpha value is -2.25. The van der Waals surface area contributed by atoms with Crippen LogP contribution in [0.5, 0.6) is 0 Å². The molecule has 1 heterocycles. The van der Waals surface area contributed by atoms with Gasteiger partial charge in [0, 0.05) is 18.9 Å². The average molecular weight is 333 g/mol. The molecule has 1 atom stereocenters. The molecule has 23 heavy (non-hydrogen) atoms. The van der Waals surface area contributed by atoms with Crippen LogP contribution in [0.1, 0.15) is 34.6 Å². The number of benzene rings is 1. The first kappa shape index (κ1) is 17.1. The highest BCUT2D eigenvalue weighted by Gasteiger charge is 2.19. The predicted octanol–water partition coefficient (Wildman–Crippen LogP) is 1.87. The number of carbonyl (C=O) groups is 1. The molecule has 7 heteroatoms. The number of aromatic nitrogens is 1. The van der Waals surface area contributed by atoms with E-state index in [1.54, 1.807) is 42.4 Å². The van der Waals surface area contributed by atoms with Gasteiger partial charge in [-0.3, -0.25) is 9.78 Å². The van der Waals surface area contributed by atoms with Crippen molar-refractivity contribution in [2.75, 3.05) is 7.05 Å². The van der Waals surface area contributed by atoms with E-state index in [1.807, 2.05) is 13.8 Å². The highest BCUT2D eigenvalue weighted by Crippen LogP contribution is 2.22. The molecule has 2 N–H and O–H groups in total. The number of carbonyl (C=O) groups excluding carboxylic acids is 1. The van der Waals surface area contributed by atoms with E-state index in [4.69, 9.17) is 5.14 Å². The van der Waals surface area contributed by atoms with Gasteiger partial charge in [0.15, 0.2) is 0 Å². The van der Waals surface area contributed by atoms with Crippen LogP contribution in [0, 0.1) is 6.92 Å². The van der Waals surface area contributed by atoms with Crippen molar-refractivity contribution in [1.82, 2.24) is 9.88 Å². The van der Waals surface area contributed by atoms with Gasteiger partial charge in [-0.2, -0.15) is 0 Å². The zero-order valence-electron chi connectivity index (χ0n) is 13.2. The third kappa shape index (κ3) is 3.94. The zero-order valence-corrected chi connectivity index (χ0v) is 14.0. The lowest BCUT2D eigenvalue weighted by molar-refractivity contribution is 0.0742. The smallest absolute Gasteiger partial charge is 0.255 e. The van der Waals surface area contributed by atoms with Gasteiger partial charge >= 0.3 is 0 Å². The summed E-state index contributed by atoms with van der Waals surface area (Å²) in [5.74, 6) is -0.152. The molecule has 0 aliphatic heterocycles.